The zero-order chi connectivity index (χ0) is 18.0. The van der Waals surface area contributed by atoms with Crippen LogP contribution in [0.2, 0.25) is 0 Å². The number of para-hydroxylation sites is 1. The van der Waals surface area contributed by atoms with E-state index in [-0.39, 0.29) is 12.5 Å². The molecular formula is C18H19N3O3S. The largest absolute Gasteiger partial charge is 0.480 e. The Morgan fingerprint density at radius 2 is 2.00 bits per heavy atom. The second kappa shape index (κ2) is 7.06. The lowest BCUT2D eigenvalue weighted by atomic mass is 10.3. The zero-order valence-electron chi connectivity index (χ0n) is 14.1. The molecule has 0 aliphatic heterocycles. The number of benzene rings is 1. The fourth-order valence-electron chi connectivity index (χ4n) is 2.74. The number of hydrogen-bond donors (Lipinski definition) is 1. The van der Waals surface area contributed by atoms with E-state index in [0.717, 1.165) is 21.6 Å². The summed E-state index contributed by atoms with van der Waals surface area (Å²) in [6.07, 6.45) is 0.709. The lowest BCUT2D eigenvalue weighted by Gasteiger charge is -2.18. The number of fused-ring (bicyclic) bond motifs is 1. The molecule has 0 spiro atoms. The van der Waals surface area contributed by atoms with Gasteiger partial charge in [0.1, 0.15) is 11.4 Å². The van der Waals surface area contributed by atoms with E-state index in [4.69, 9.17) is 5.11 Å². The molecule has 130 valence electrons. The Morgan fingerprint density at radius 1 is 1.28 bits per heavy atom. The third kappa shape index (κ3) is 3.41. The molecular weight excluding hydrogens is 338 g/mol. The minimum Gasteiger partial charge on any atom is -0.480 e. The molecule has 1 aromatic carbocycles. The summed E-state index contributed by atoms with van der Waals surface area (Å²) in [5.74, 6) is -1.25. The van der Waals surface area contributed by atoms with Crippen LogP contribution in [0.3, 0.4) is 0 Å². The maximum absolute atomic E-state index is 12.7. The minimum atomic E-state index is -1.01. The fraction of sp³-hybridized carbons (Fsp3) is 0.278. The molecule has 3 rings (SSSR count). The van der Waals surface area contributed by atoms with Gasteiger partial charge in [-0.1, -0.05) is 25.1 Å². The van der Waals surface area contributed by atoms with E-state index >= 15 is 0 Å². The average molecular weight is 357 g/mol. The van der Waals surface area contributed by atoms with E-state index in [1.807, 2.05) is 54.9 Å². The van der Waals surface area contributed by atoms with Crippen LogP contribution in [0.15, 0.2) is 36.4 Å². The molecule has 2 aromatic heterocycles. The molecule has 0 saturated carbocycles. The minimum absolute atomic E-state index is 0.246. The van der Waals surface area contributed by atoms with Gasteiger partial charge < -0.3 is 10.0 Å². The third-order valence-electron chi connectivity index (χ3n) is 3.86. The highest BCUT2D eigenvalue weighted by Gasteiger charge is 2.22. The molecule has 0 fully saturated rings. The van der Waals surface area contributed by atoms with Crippen molar-refractivity contribution in [1.29, 1.82) is 0 Å². The van der Waals surface area contributed by atoms with Crippen LogP contribution in [0, 0.1) is 6.92 Å². The van der Waals surface area contributed by atoms with Gasteiger partial charge in [0.2, 0.25) is 0 Å². The first-order valence-electron chi connectivity index (χ1n) is 8.07. The molecule has 2 heterocycles. The number of aliphatic carboxylic acids is 1. The maximum Gasteiger partial charge on any atom is 0.323 e. The van der Waals surface area contributed by atoms with Gasteiger partial charge in [0, 0.05) is 11.9 Å². The van der Waals surface area contributed by atoms with Gasteiger partial charge in [-0.3, -0.25) is 9.59 Å². The van der Waals surface area contributed by atoms with Crippen LogP contribution in [-0.2, 0) is 4.79 Å². The Bertz CT molecular complexity index is 914. The summed E-state index contributed by atoms with van der Waals surface area (Å²) in [4.78, 5) is 26.6. The van der Waals surface area contributed by atoms with E-state index in [1.165, 1.54) is 16.2 Å². The fourth-order valence-corrected chi connectivity index (χ4v) is 3.89. The Hall–Kier alpha value is -2.67. The Morgan fingerprint density at radius 3 is 2.64 bits per heavy atom. The number of hydrogen-bond acceptors (Lipinski definition) is 4. The molecule has 0 aliphatic carbocycles. The standard InChI is InChI=1S/C18H19N3O3S/c1-3-9-20(11-16(22)23)17(24)15-10-14-12(2)19-21(18(14)25-15)13-7-5-4-6-8-13/h4-8,10H,3,9,11H2,1-2H3,(H,22,23). The van der Waals surface area contributed by atoms with Crippen LogP contribution in [0.4, 0.5) is 0 Å². The van der Waals surface area contributed by atoms with E-state index in [2.05, 4.69) is 5.10 Å². The van der Waals surface area contributed by atoms with Crippen LogP contribution >= 0.6 is 11.3 Å². The third-order valence-corrected chi connectivity index (χ3v) is 4.96. The average Bonchev–Trinajstić information content (AvgIpc) is 3.15. The summed E-state index contributed by atoms with van der Waals surface area (Å²) < 4.78 is 1.83. The number of aryl methyl sites for hydroxylation is 1. The molecule has 7 heteroatoms. The van der Waals surface area contributed by atoms with Gasteiger partial charge >= 0.3 is 5.97 Å². The van der Waals surface area contributed by atoms with Gasteiger partial charge in [0.05, 0.1) is 16.3 Å². The van der Waals surface area contributed by atoms with Crippen LogP contribution < -0.4 is 0 Å². The van der Waals surface area contributed by atoms with Gasteiger partial charge in [0.25, 0.3) is 5.91 Å². The summed E-state index contributed by atoms with van der Waals surface area (Å²) in [6, 6.07) is 11.5. The Balaban J connectivity index is 2.01. The first-order chi connectivity index (χ1) is 12.0. The van der Waals surface area contributed by atoms with Crippen LogP contribution in [0.1, 0.15) is 28.7 Å². The van der Waals surface area contributed by atoms with E-state index in [0.29, 0.717) is 17.8 Å². The predicted octanol–water partition coefficient (Wildman–Crippen LogP) is 3.33. The number of carbonyl (C=O) groups is 2. The number of amides is 1. The van der Waals surface area contributed by atoms with Gasteiger partial charge in [-0.2, -0.15) is 5.10 Å². The molecule has 6 nitrogen and oxygen atoms in total. The summed E-state index contributed by atoms with van der Waals surface area (Å²) >= 11 is 1.35. The van der Waals surface area contributed by atoms with Crippen molar-refractivity contribution in [2.75, 3.05) is 13.1 Å². The molecule has 0 radical (unpaired) electrons. The molecule has 25 heavy (non-hydrogen) atoms. The maximum atomic E-state index is 12.7. The van der Waals surface area contributed by atoms with Crippen molar-refractivity contribution < 1.29 is 14.7 Å². The quantitative estimate of drug-likeness (QED) is 0.734. The number of thiophene rings is 1. The normalized spacial score (nSPS) is 11.0. The highest BCUT2D eigenvalue weighted by molar-refractivity contribution is 7.20. The van der Waals surface area contributed by atoms with E-state index < -0.39 is 5.97 Å². The zero-order valence-corrected chi connectivity index (χ0v) is 14.9. The summed E-state index contributed by atoms with van der Waals surface area (Å²) in [7, 11) is 0. The summed E-state index contributed by atoms with van der Waals surface area (Å²) in [5.41, 5.74) is 1.77. The number of carbonyl (C=O) groups excluding carboxylic acids is 1. The number of rotatable bonds is 6. The van der Waals surface area contributed by atoms with Crippen molar-refractivity contribution in [3.05, 3.63) is 47.0 Å². The van der Waals surface area contributed by atoms with Crippen molar-refractivity contribution in [2.24, 2.45) is 0 Å². The van der Waals surface area contributed by atoms with Crippen LogP contribution in [0.25, 0.3) is 15.9 Å². The highest BCUT2D eigenvalue weighted by Crippen LogP contribution is 2.31. The van der Waals surface area contributed by atoms with E-state index in [1.54, 1.807) is 0 Å². The summed E-state index contributed by atoms with van der Waals surface area (Å²) in [5, 5.41) is 14.5. The first kappa shape index (κ1) is 17.2. The number of aromatic nitrogens is 2. The van der Waals surface area contributed by atoms with Gasteiger partial charge in [0.15, 0.2) is 0 Å². The molecule has 0 aliphatic rings. The molecule has 0 saturated heterocycles. The molecule has 0 atom stereocenters. The lowest BCUT2D eigenvalue weighted by Crippen LogP contribution is -2.35. The lowest BCUT2D eigenvalue weighted by molar-refractivity contribution is -0.137. The number of carboxylic acids is 1. The number of carboxylic acid groups (broad SMARTS) is 1. The topological polar surface area (TPSA) is 75.4 Å². The molecule has 1 amide bonds. The molecule has 0 unspecified atom stereocenters. The smallest absolute Gasteiger partial charge is 0.323 e. The van der Waals surface area contributed by atoms with Crippen molar-refractivity contribution in [3.63, 3.8) is 0 Å². The monoisotopic (exact) mass is 357 g/mol. The van der Waals surface area contributed by atoms with Crippen LogP contribution in [0.5, 0.6) is 0 Å². The summed E-state index contributed by atoms with van der Waals surface area (Å²) in [6.45, 7) is 3.96. The number of nitrogens with zero attached hydrogens (tertiary/aromatic N) is 3. The highest BCUT2D eigenvalue weighted by atomic mass is 32.1. The second-order valence-electron chi connectivity index (χ2n) is 5.78. The predicted molar refractivity (Wildman–Crippen MR) is 97.5 cm³/mol. The van der Waals surface area contributed by atoms with E-state index in [9.17, 15) is 9.59 Å². The van der Waals surface area contributed by atoms with Gasteiger partial charge in [-0.25, -0.2) is 4.68 Å². The SMILES string of the molecule is CCCN(CC(=O)O)C(=O)c1cc2c(C)nn(-c3ccccc3)c2s1. The van der Waals surface area contributed by atoms with Crippen molar-refractivity contribution in [2.45, 2.75) is 20.3 Å². The van der Waals surface area contributed by atoms with Gasteiger partial charge in [-0.15, -0.1) is 11.3 Å². The Labute approximate surface area is 149 Å². The second-order valence-corrected chi connectivity index (χ2v) is 6.81. The van der Waals surface area contributed by atoms with Crippen molar-refractivity contribution in [1.82, 2.24) is 14.7 Å². The molecule has 1 N–H and O–H groups in total. The first-order valence-corrected chi connectivity index (χ1v) is 8.88. The Kier molecular flexibility index (Phi) is 4.85. The van der Waals surface area contributed by atoms with Crippen molar-refractivity contribution >= 4 is 33.4 Å². The van der Waals surface area contributed by atoms with Crippen molar-refractivity contribution in [3.8, 4) is 5.69 Å². The van der Waals surface area contributed by atoms with Gasteiger partial charge in [-0.05, 0) is 31.5 Å². The molecule has 0 bridgehead atoms. The van der Waals surface area contributed by atoms with Crippen LogP contribution in [-0.4, -0.2) is 44.8 Å². The molecule has 3 aromatic rings.